The molecule has 1 amide bonds. The maximum Gasteiger partial charge on any atom is 0.265 e. The van der Waals surface area contributed by atoms with Crippen LogP contribution < -0.4 is 4.72 Å². The Morgan fingerprint density at radius 3 is 2.36 bits per heavy atom. The molecular weight excluding hydrogens is 307 g/mol. The average Bonchev–Trinajstić information content (AvgIpc) is 2.48. The van der Waals surface area contributed by atoms with Crippen molar-refractivity contribution >= 4 is 15.9 Å². The molecule has 1 heterocycles. The number of hydrogen-bond donors (Lipinski definition) is 1. The minimum absolute atomic E-state index is 0.0988. The zero-order valence-corrected chi connectivity index (χ0v) is 12.9. The molecular formula is C15H15FN2O3S. The summed E-state index contributed by atoms with van der Waals surface area (Å²) in [4.78, 5) is 16.0. The predicted molar refractivity (Wildman–Crippen MR) is 79.0 cm³/mol. The second-order valence-electron chi connectivity index (χ2n) is 5.26. The highest BCUT2D eigenvalue weighted by Crippen LogP contribution is 2.24. The molecule has 0 saturated carbocycles. The van der Waals surface area contributed by atoms with Gasteiger partial charge in [0.1, 0.15) is 10.7 Å². The molecule has 2 aromatic rings. The molecule has 0 radical (unpaired) electrons. The SMILES string of the molecule is CC(C)(C(=O)NS(=O)(=O)c1cccnc1)c1ccc(F)cc1. The van der Waals surface area contributed by atoms with Crippen LogP contribution in [0.25, 0.3) is 0 Å². The quantitative estimate of drug-likeness (QED) is 0.934. The smallest absolute Gasteiger partial charge is 0.265 e. The van der Waals surface area contributed by atoms with Gasteiger partial charge < -0.3 is 0 Å². The third kappa shape index (κ3) is 3.30. The number of amides is 1. The molecule has 0 unspecified atom stereocenters. The topological polar surface area (TPSA) is 76.1 Å². The van der Waals surface area contributed by atoms with Crippen molar-refractivity contribution in [3.63, 3.8) is 0 Å². The van der Waals surface area contributed by atoms with Crippen molar-refractivity contribution in [3.05, 3.63) is 60.2 Å². The van der Waals surface area contributed by atoms with Crippen LogP contribution in [0.15, 0.2) is 53.7 Å². The van der Waals surface area contributed by atoms with Crippen LogP contribution in [0.1, 0.15) is 19.4 Å². The first kappa shape index (κ1) is 16.1. The van der Waals surface area contributed by atoms with Gasteiger partial charge in [0.25, 0.3) is 10.0 Å². The molecule has 0 bridgehead atoms. The van der Waals surface area contributed by atoms with Crippen LogP contribution in [0.2, 0.25) is 0 Å². The van der Waals surface area contributed by atoms with Crippen molar-refractivity contribution < 1.29 is 17.6 Å². The Hall–Kier alpha value is -2.28. The van der Waals surface area contributed by atoms with Crippen LogP contribution in [0, 0.1) is 5.82 Å². The molecule has 5 nitrogen and oxygen atoms in total. The Bertz CT molecular complexity index is 772. The highest BCUT2D eigenvalue weighted by molar-refractivity contribution is 7.90. The lowest BCUT2D eigenvalue weighted by atomic mass is 9.84. The molecule has 7 heteroatoms. The number of carbonyl (C=O) groups is 1. The van der Waals surface area contributed by atoms with Crippen LogP contribution in [-0.4, -0.2) is 19.3 Å². The predicted octanol–water partition coefficient (Wildman–Crippen LogP) is 2.00. The summed E-state index contributed by atoms with van der Waals surface area (Å²) >= 11 is 0. The van der Waals surface area contributed by atoms with Gasteiger partial charge >= 0.3 is 0 Å². The fourth-order valence-corrected chi connectivity index (χ4v) is 2.89. The van der Waals surface area contributed by atoms with Crippen LogP contribution >= 0.6 is 0 Å². The van der Waals surface area contributed by atoms with Crippen molar-refractivity contribution in [1.29, 1.82) is 0 Å². The monoisotopic (exact) mass is 322 g/mol. The summed E-state index contributed by atoms with van der Waals surface area (Å²) in [6.45, 7) is 3.13. The van der Waals surface area contributed by atoms with E-state index >= 15 is 0 Å². The van der Waals surface area contributed by atoms with E-state index in [1.165, 1.54) is 42.6 Å². The summed E-state index contributed by atoms with van der Waals surface area (Å²) in [6.07, 6.45) is 2.59. The van der Waals surface area contributed by atoms with Crippen molar-refractivity contribution in [3.8, 4) is 0 Å². The third-order valence-corrected chi connectivity index (χ3v) is 4.62. The molecule has 0 aliphatic carbocycles. The number of carbonyl (C=O) groups excluding carboxylic acids is 1. The van der Waals surface area contributed by atoms with Crippen LogP contribution in [-0.2, 0) is 20.2 Å². The Labute approximate surface area is 128 Å². The van der Waals surface area contributed by atoms with E-state index in [9.17, 15) is 17.6 Å². The number of pyridine rings is 1. The minimum Gasteiger partial charge on any atom is -0.273 e. The van der Waals surface area contributed by atoms with Crippen molar-refractivity contribution in [2.24, 2.45) is 0 Å². The number of nitrogens with zero attached hydrogens (tertiary/aromatic N) is 1. The first-order chi connectivity index (χ1) is 10.2. The standard InChI is InChI=1S/C15H15FN2O3S/c1-15(2,11-5-7-12(16)8-6-11)14(19)18-22(20,21)13-4-3-9-17-10-13/h3-10H,1-2H3,(H,18,19). The molecule has 1 N–H and O–H groups in total. The van der Waals surface area contributed by atoms with Gasteiger partial charge in [-0.2, -0.15) is 0 Å². The summed E-state index contributed by atoms with van der Waals surface area (Å²) in [6, 6.07) is 8.15. The van der Waals surface area contributed by atoms with Gasteiger partial charge in [0.05, 0.1) is 5.41 Å². The number of aromatic nitrogens is 1. The molecule has 22 heavy (non-hydrogen) atoms. The Morgan fingerprint density at radius 1 is 1.18 bits per heavy atom. The van der Waals surface area contributed by atoms with Gasteiger partial charge in [0, 0.05) is 12.4 Å². The second-order valence-corrected chi connectivity index (χ2v) is 6.94. The first-order valence-corrected chi connectivity index (χ1v) is 7.95. The number of sulfonamides is 1. The Balaban J connectivity index is 2.26. The molecule has 0 fully saturated rings. The summed E-state index contributed by atoms with van der Waals surface area (Å²) in [7, 11) is -3.99. The molecule has 0 atom stereocenters. The van der Waals surface area contributed by atoms with Crippen LogP contribution in [0.4, 0.5) is 4.39 Å². The average molecular weight is 322 g/mol. The van der Waals surface area contributed by atoms with Crippen LogP contribution in [0.3, 0.4) is 0 Å². The fourth-order valence-electron chi connectivity index (χ4n) is 1.81. The number of halogens is 1. The molecule has 2 rings (SSSR count). The molecule has 1 aromatic heterocycles. The first-order valence-electron chi connectivity index (χ1n) is 6.47. The second kappa shape index (κ2) is 5.84. The number of benzene rings is 1. The third-order valence-electron chi connectivity index (χ3n) is 3.31. The highest BCUT2D eigenvalue weighted by Gasteiger charge is 2.33. The lowest BCUT2D eigenvalue weighted by Crippen LogP contribution is -2.43. The van der Waals surface area contributed by atoms with E-state index in [0.29, 0.717) is 5.56 Å². The maximum atomic E-state index is 13.0. The normalized spacial score (nSPS) is 12.0. The Morgan fingerprint density at radius 2 is 1.82 bits per heavy atom. The zero-order valence-electron chi connectivity index (χ0n) is 12.1. The van der Waals surface area contributed by atoms with Crippen molar-refractivity contribution in [2.45, 2.75) is 24.2 Å². The molecule has 0 spiro atoms. The Kier molecular flexibility index (Phi) is 4.27. The largest absolute Gasteiger partial charge is 0.273 e. The van der Waals surface area contributed by atoms with E-state index in [0.717, 1.165) is 6.20 Å². The van der Waals surface area contributed by atoms with E-state index in [4.69, 9.17) is 0 Å². The zero-order chi connectivity index (χ0) is 16.4. The van der Waals surface area contributed by atoms with Gasteiger partial charge in [-0.15, -0.1) is 0 Å². The van der Waals surface area contributed by atoms with Gasteiger partial charge in [-0.25, -0.2) is 17.5 Å². The molecule has 0 saturated heterocycles. The van der Waals surface area contributed by atoms with Crippen molar-refractivity contribution in [2.75, 3.05) is 0 Å². The lowest BCUT2D eigenvalue weighted by Gasteiger charge is -2.24. The fraction of sp³-hybridized carbons (Fsp3) is 0.200. The molecule has 0 aliphatic heterocycles. The molecule has 0 aliphatic rings. The van der Waals surface area contributed by atoms with E-state index in [-0.39, 0.29) is 4.90 Å². The van der Waals surface area contributed by atoms with Gasteiger partial charge in [-0.05, 0) is 43.7 Å². The summed E-state index contributed by atoms with van der Waals surface area (Å²) in [5, 5.41) is 0. The van der Waals surface area contributed by atoms with Gasteiger partial charge in [0.15, 0.2) is 0 Å². The number of nitrogens with one attached hydrogen (secondary N) is 1. The van der Waals surface area contributed by atoms with Gasteiger partial charge in [-0.1, -0.05) is 12.1 Å². The summed E-state index contributed by atoms with van der Waals surface area (Å²) < 4.78 is 39.3. The van der Waals surface area contributed by atoms with E-state index in [1.807, 2.05) is 4.72 Å². The van der Waals surface area contributed by atoms with E-state index in [2.05, 4.69) is 4.98 Å². The highest BCUT2D eigenvalue weighted by atomic mass is 32.2. The maximum absolute atomic E-state index is 13.0. The minimum atomic E-state index is -3.99. The summed E-state index contributed by atoms with van der Waals surface area (Å²) in [5.74, 6) is -1.13. The molecule has 116 valence electrons. The van der Waals surface area contributed by atoms with Crippen LogP contribution in [0.5, 0.6) is 0 Å². The van der Waals surface area contributed by atoms with Crippen molar-refractivity contribution in [1.82, 2.24) is 9.71 Å². The summed E-state index contributed by atoms with van der Waals surface area (Å²) in [5.41, 5.74) is -0.629. The van der Waals surface area contributed by atoms with E-state index < -0.39 is 27.2 Å². The lowest BCUT2D eigenvalue weighted by molar-refractivity contribution is -0.123. The van der Waals surface area contributed by atoms with Gasteiger partial charge in [-0.3, -0.25) is 9.78 Å². The van der Waals surface area contributed by atoms with E-state index in [1.54, 1.807) is 13.8 Å². The van der Waals surface area contributed by atoms with Gasteiger partial charge in [0.2, 0.25) is 5.91 Å². The number of hydrogen-bond acceptors (Lipinski definition) is 4. The number of rotatable bonds is 4. The molecule has 1 aromatic carbocycles.